The van der Waals surface area contributed by atoms with Crippen molar-refractivity contribution in [3.8, 4) is 5.69 Å². The number of benzene rings is 1. The van der Waals surface area contributed by atoms with Crippen molar-refractivity contribution in [1.82, 2.24) is 29.8 Å². The summed E-state index contributed by atoms with van der Waals surface area (Å²) in [7, 11) is 0. The number of nitrogens with zero attached hydrogens (tertiary/aromatic N) is 5. The van der Waals surface area contributed by atoms with Crippen LogP contribution in [0.5, 0.6) is 0 Å². The van der Waals surface area contributed by atoms with Gasteiger partial charge in [0.25, 0.3) is 5.91 Å². The van der Waals surface area contributed by atoms with Crippen molar-refractivity contribution in [1.29, 1.82) is 0 Å². The minimum absolute atomic E-state index is 0. The van der Waals surface area contributed by atoms with E-state index in [9.17, 15) is 14.4 Å². The molecule has 3 fully saturated rings. The van der Waals surface area contributed by atoms with Gasteiger partial charge in [0.05, 0.1) is 24.6 Å². The fraction of sp³-hybridized carbons (Fsp3) is 0.636. The third kappa shape index (κ3) is 6.82. The third-order valence-electron chi connectivity index (χ3n) is 9.41. The molecule has 3 saturated heterocycles. The average molecular weight is 629 g/mol. The molecule has 242 valence electrons. The monoisotopic (exact) mass is 628 g/mol. The summed E-state index contributed by atoms with van der Waals surface area (Å²) in [6, 6.07) is 7.24. The SMILES string of the molecule is CCCCN1C(=O)[C@H](CC(C)C)NC(=O)C12CCN(Cc1c(C)nn(-c3ccc(C(=O)N4CCOCC4)cc3)c1C)CC2.Cl. The lowest BCUT2D eigenvalue weighted by Crippen LogP contribution is -2.73. The summed E-state index contributed by atoms with van der Waals surface area (Å²) in [6.45, 7) is 15.7. The molecule has 5 rings (SSSR count). The molecule has 11 heteroatoms. The molecule has 44 heavy (non-hydrogen) atoms. The lowest BCUT2D eigenvalue weighted by Gasteiger charge is -2.52. The number of piperazine rings is 1. The van der Waals surface area contributed by atoms with Crippen molar-refractivity contribution in [2.45, 2.75) is 84.8 Å². The van der Waals surface area contributed by atoms with Crippen LogP contribution in [0.15, 0.2) is 24.3 Å². The van der Waals surface area contributed by atoms with Crippen molar-refractivity contribution in [3.05, 3.63) is 46.8 Å². The number of unbranched alkanes of at least 4 members (excludes halogenated alkanes) is 1. The molecule has 1 N–H and O–H groups in total. The van der Waals surface area contributed by atoms with Crippen LogP contribution in [0.2, 0.25) is 0 Å². The zero-order valence-corrected chi connectivity index (χ0v) is 27.8. The molecule has 1 aromatic heterocycles. The van der Waals surface area contributed by atoms with Crippen LogP contribution in [0.25, 0.3) is 5.69 Å². The van der Waals surface area contributed by atoms with Gasteiger partial charge in [-0.25, -0.2) is 4.68 Å². The van der Waals surface area contributed by atoms with Crippen molar-refractivity contribution in [3.63, 3.8) is 0 Å². The first-order valence-corrected chi connectivity index (χ1v) is 16.0. The van der Waals surface area contributed by atoms with Gasteiger partial charge in [0.2, 0.25) is 11.8 Å². The molecular formula is C33H49ClN6O4. The maximum Gasteiger partial charge on any atom is 0.254 e. The molecule has 10 nitrogen and oxygen atoms in total. The molecule has 0 unspecified atom stereocenters. The molecule has 0 bridgehead atoms. The van der Waals surface area contributed by atoms with E-state index in [1.54, 1.807) is 0 Å². The van der Waals surface area contributed by atoms with Gasteiger partial charge in [-0.15, -0.1) is 12.4 Å². The van der Waals surface area contributed by atoms with Crippen LogP contribution in [0, 0.1) is 19.8 Å². The fourth-order valence-corrected chi connectivity index (χ4v) is 6.80. The lowest BCUT2D eigenvalue weighted by atomic mass is 9.80. The number of nitrogens with one attached hydrogen (secondary N) is 1. The van der Waals surface area contributed by atoms with Gasteiger partial charge in [-0.1, -0.05) is 27.2 Å². The molecule has 0 aliphatic carbocycles. The van der Waals surface area contributed by atoms with Crippen molar-refractivity contribution >= 4 is 30.1 Å². The van der Waals surface area contributed by atoms with E-state index in [1.165, 1.54) is 5.56 Å². The number of halogens is 1. The second-order valence-corrected chi connectivity index (χ2v) is 12.8. The Bertz CT molecular complexity index is 1310. The Balaban J connectivity index is 0.00000442. The van der Waals surface area contributed by atoms with E-state index in [2.05, 4.69) is 37.9 Å². The molecule has 1 atom stereocenters. The number of ether oxygens (including phenoxy) is 1. The molecule has 3 amide bonds. The van der Waals surface area contributed by atoms with E-state index in [-0.39, 0.29) is 30.1 Å². The first kappa shape index (κ1) is 33.9. The zero-order chi connectivity index (χ0) is 30.7. The van der Waals surface area contributed by atoms with Gasteiger partial charge >= 0.3 is 0 Å². The van der Waals surface area contributed by atoms with Crippen LogP contribution in [0.1, 0.15) is 80.2 Å². The number of morpholine rings is 1. The second-order valence-electron chi connectivity index (χ2n) is 12.8. The van der Waals surface area contributed by atoms with Crippen LogP contribution >= 0.6 is 12.4 Å². The molecule has 1 spiro atoms. The Morgan fingerprint density at radius 2 is 1.73 bits per heavy atom. The van der Waals surface area contributed by atoms with E-state index >= 15 is 0 Å². The van der Waals surface area contributed by atoms with E-state index in [0.29, 0.717) is 63.6 Å². The summed E-state index contributed by atoms with van der Waals surface area (Å²) in [5.74, 6) is 0.468. The highest BCUT2D eigenvalue weighted by Gasteiger charge is 2.53. The van der Waals surface area contributed by atoms with E-state index < -0.39 is 11.6 Å². The highest BCUT2D eigenvalue weighted by atomic mass is 35.5. The van der Waals surface area contributed by atoms with Gasteiger partial charge in [0.1, 0.15) is 11.6 Å². The summed E-state index contributed by atoms with van der Waals surface area (Å²) in [5, 5.41) is 7.96. The van der Waals surface area contributed by atoms with E-state index in [0.717, 1.165) is 49.6 Å². The Kier molecular flexibility index (Phi) is 11.1. The summed E-state index contributed by atoms with van der Waals surface area (Å²) >= 11 is 0. The first-order valence-electron chi connectivity index (χ1n) is 16.0. The number of carbonyl (C=O) groups is 3. The number of amides is 3. The predicted octanol–water partition coefficient (Wildman–Crippen LogP) is 3.89. The number of hydrogen-bond donors (Lipinski definition) is 1. The molecule has 0 radical (unpaired) electrons. The molecule has 4 heterocycles. The fourth-order valence-electron chi connectivity index (χ4n) is 6.80. The topological polar surface area (TPSA) is 100 Å². The van der Waals surface area contributed by atoms with E-state index in [4.69, 9.17) is 9.84 Å². The standard InChI is InChI=1S/C33H48N6O4.ClH/c1-6-7-14-38-31(41)29(21-23(2)3)34-32(42)33(38)12-15-36(16-13-33)22-28-24(4)35-39(25(28)5)27-10-8-26(9-11-27)30(40)37-17-19-43-20-18-37;/h8-11,23,29H,6-7,12-22H2,1-5H3,(H,34,42);1H/t29-;/m0./s1. The average Bonchev–Trinajstić information content (AvgIpc) is 3.29. The van der Waals surface area contributed by atoms with Gasteiger partial charge in [0.15, 0.2) is 0 Å². The number of piperidine rings is 1. The number of aryl methyl sites for hydroxylation is 1. The quantitative estimate of drug-likeness (QED) is 0.452. The summed E-state index contributed by atoms with van der Waals surface area (Å²) in [4.78, 5) is 46.2. The third-order valence-corrected chi connectivity index (χ3v) is 9.41. The predicted molar refractivity (Wildman–Crippen MR) is 172 cm³/mol. The summed E-state index contributed by atoms with van der Waals surface area (Å²) in [6.07, 6.45) is 3.82. The molecular weight excluding hydrogens is 580 g/mol. The Morgan fingerprint density at radius 1 is 1.07 bits per heavy atom. The molecule has 1 aromatic carbocycles. The first-order chi connectivity index (χ1) is 20.6. The smallest absolute Gasteiger partial charge is 0.254 e. The van der Waals surface area contributed by atoms with Crippen molar-refractivity contribution in [2.24, 2.45) is 5.92 Å². The largest absolute Gasteiger partial charge is 0.378 e. The van der Waals surface area contributed by atoms with Crippen LogP contribution in [-0.2, 0) is 20.9 Å². The molecule has 3 aliphatic rings. The van der Waals surface area contributed by atoms with Gasteiger partial charge in [0, 0.05) is 56.1 Å². The zero-order valence-electron chi connectivity index (χ0n) is 26.9. The van der Waals surface area contributed by atoms with Crippen molar-refractivity contribution < 1.29 is 19.1 Å². The number of rotatable bonds is 9. The molecule has 3 aliphatic heterocycles. The Morgan fingerprint density at radius 3 is 2.34 bits per heavy atom. The minimum atomic E-state index is -0.759. The normalized spacial score (nSPS) is 20.6. The second kappa shape index (κ2) is 14.4. The highest BCUT2D eigenvalue weighted by Crippen LogP contribution is 2.35. The summed E-state index contributed by atoms with van der Waals surface area (Å²) in [5.41, 5.74) is 4.04. The van der Waals surface area contributed by atoms with Crippen LogP contribution in [-0.4, -0.2) is 99.7 Å². The highest BCUT2D eigenvalue weighted by molar-refractivity contribution is 6.00. The number of hydrogen-bond acceptors (Lipinski definition) is 6. The Labute approximate surface area is 267 Å². The van der Waals surface area contributed by atoms with Crippen LogP contribution < -0.4 is 5.32 Å². The maximum atomic E-state index is 13.6. The Hall–Kier alpha value is -2.95. The number of aromatic nitrogens is 2. The van der Waals surface area contributed by atoms with Crippen LogP contribution in [0.4, 0.5) is 0 Å². The van der Waals surface area contributed by atoms with Gasteiger partial charge in [-0.3, -0.25) is 19.3 Å². The molecule has 2 aromatic rings. The number of carbonyl (C=O) groups excluding carboxylic acids is 3. The van der Waals surface area contributed by atoms with Gasteiger partial charge < -0.3 is 19.9 Å². The molecule has 0 saturated carbocycles. The lowest BCUT2D eigenvalue weighted by molar-refractivity contribution is -0.161. The van der Waals surface area contributed by atoms with Crippen molar-refractivity contribution in [2.75, 3.05) is 45.9 Å². The minimum Gasteiger partial charge on any atom is -0.378 e. The van der Waals surface area contributed by atoms with Crippen LogP contribution in [0.3, 0.4) is 0 Å². The summed E-state index contributed by atoms with van der Waals surface area (Å²) < 4.78 is 7.33. The van der Waals surface area contributed by atoms with E-state index in [1.807, 2.05) is 45.7 Å². The van der Waals surface area contributed by atoms with Gasteiger partial charge in [-0.05, 0) is 69.7 Å². The maximum absolute atomic E-state index is 13.6. The number of likely N-dealkylation sites (tertiary alicyclic amines) is 1. The van der Waals surface area contributed by atoms with Gasteiger partial charge in [-0.2, -0.15) is 5.10 Å².